The molecule has 2 N–H and O–H groups in total. The summed E-state index contributed by atoms with van der Waals surface area (Å²) in [6.45, 7) is 4.31. The van der Waals surface area contributed by atoms with Crippen LogP contribution in [-0.4, -0.2) is 37.7 Å². The Morgan fingerprint density at radius 3 is 2.32 bits per heavy atom. The summed E-state index contributed by atoms with van der Waals surface area (Å²) in [5, 5.41) is 5.66. The Kier molecular flexibility index (Phi) is 5.15. The molecule has 1 aliphatic rings. The molecule has 0 spiro atoms. The van der Waals surface area contributed by atoms with E-state index >= 15 is 0 Å². The minimum atomic E-state index is -0.852. The van der Waals surface area contributed by atoms with Gasteiger partial charge in [0.2, 0.25) is 5.91 Å². The molecule has 0 aliphatic carbocycles. The fraction of sp³-hybridized carbons (Fsp3) is 0.500. The van der Waals surface area contributed by atoms with Crippen LogP contribution in [0.5, 0.6) is 0 Å². The predicted octanol–water partition coefficient (Wildman–Crippen LogP) is 2.09. The summed E-state index contributed by atoms with van der Waals surface area (Å²) >= 11 is 0. The monoisotopic (exact) mass is 306 g/mol. The molecule has 6 heteroatoms. The Balaban J connectivity index is 2.19. The first kappa shape index (κ1) is 16.5. The summed E-state index contributed by atoms with van der Waals surface area (Å²) in [7, 11) is 1.55. The normalized spacial score (nSPS) is 16.9. The van der Waals surface area contributed by atoms with Gasteiger partial charge in [-0.05, 0) is 24.6 Å². The second-order valence-electron chi connectivity index (χ2n) is 5.42. The van der Waals surface area contributed by atoms with Crippen LogP contribution in [0.2, 0.25) is 0 Å². The van der Waals surface area contributed by atoms with Gasteiger partial charge in [0.25, 0.3) is 5.91 Å². The van der Waals surface area contributed by atoms with Gasteiger partial charge in [-0.15, -0.1) is 0 Å². The topological polar surface area (TPSA) is 76.7 Å². The molecular formula is C16H22N2O4. The summed E-state index contributed by atoms with van der Waals surface area (Å²) in [4.78, 5) is 23.8. The fourth-order valence-electron chi connectivity index (χ4n) is 2.56. The minimum absolute atomic E-state index is 0.149. The van der Waals surface area contributed by atoms with Gasteiger partial charge in [0.15, 0.2) is 5.60 Å². The molecule has 0 bridgehead atoms. The van der Waals surface area contributed by atoms with E-state index in [9.17, 15) is 9.59 Å². The number of nitrogens with one attached hydrogen (secondary N) is 2. The van der Waals surface area contributed by atoms with Crippen LogP contribution in [0.3, 0.4) is 0 Å². The zero-order valence-electron chi connectivity index (χ0n) is 13.2. The molecule has 0 radical (unpaired) electrons. The number of benzene rings is 1. The standard InChI is InChI=1S/C16H22N2O4/c1-11-13(17-12(2)19)5-4-6-14(11)18-15(20)16(21-3)7-9-22-10-8-16/h4-6H,7-10H2,1-3H3,(H,17,19)(H,18,20). The fourth-order valence-corrected chi connectivity index (χ4v) is 2.56. The van der Waals surface area contributed by atoms with Crippen molar-refractivity contribution in [2.24, 2.45) is 0 Å². The lowest BCUT2D eigenvalue weighted by atomic mass is 9.92. The number of methoxy groups -OCH3 is 1. The highest BCUT2D eigenvalue weighted by Crippen LogP contribution is 2.29. The number of anilines is 2. The van der Waals surface area contributed by atoms with Gasteiger partial charge >= 0.3 is 0 Å². The summed E-state index contributed by atoms with van der Waals surface area (Å²) in [6.07, 6.45) is 1.06. The van der Waals surface area contributed by atoms with E-state index in [1.54, 1.807) is 25.3 Å². The third kappa shape index (κ3) is 3.45. The maximum Gasteiger partial charge on any atom is 0.256 e. The molecular weight excluding hydrogens is 284 g/mol. The average Bonchev–Trinajstić information content (AvgIpc) is 2.51. The second kappa shape index (κ2) is 6.89. The Morgan fingerprint density at radius 1 is 1.18 bits per heavy atom. The van der Waals surface area contributed by atoms with Crippen molar-refractivity contribution < 1.29 is 19.1 Å². The number of hydrogen-bond acceptors (Lipinski definition) is 4. The van der Waals surface area contributed by atoms with Crippen molar-refractivity contribution in [3.63, 3.8) is 0 Å². The van der Waals surface area contributed by atoms with Crippen LogP contribution in [0.15, 0.2) is 18.2 Å². The van der Waals surface area contributed by atoms with E-state index in [2.05, 4.69) is 10.6 Å². The van der Waals surface area contributed by atoms with Gasteiger partial charge in [0.1, 0.15) is 0 Å². The molecule has 2 amide bonds. The van der Waals surface area contributed by atoms with Crippen LogP contribution in [0, 0.1) is 6.92 Å². The van der Waals surface area contributed by atoms with Gasteiger partial charge in [-0.25, -0.2) is 0 Å². The maximum absolute atomic E-state index is 12.6. The molecule has 1 aliphatic heterocycles. The highest BCUT2D eigenvalue weighted by Gasteiger charge is 2.40. The molecule has 0 atom stereocenters. The molecule has 1 aromatic carbocycles. The van der Waals surface area contributed by atoms with Crippen LogP contribution in [0.4, 0.5) is 11.4 Å². The molecule has 1 aromatic rings. The summed E-state index contributed by atoms with van der Waals surface area (Å²) in [6, 6.07) is 5.39. The third-order valence-electron chi connectivity index (χ3n) is 4.00. The van der Waals surface area contributed by atoms with Crippen LogP contribution in [0.25, 0.3) is 0 Å². The lowest BCUT2D eigenvalue weighted by Crippen LogP contribution is -2.48. The molecule has 22 heavy (non-hydrogen) atoms. The van der Waals surface area contributed by atoms with E-state index in [1.165, 1.54) is 6.92 Å². The van der Waals surface area contributed by atoms with Crippen molar-refractivity contribution in [3.05, 3.63) is 23.8 Å². The Morgan fingerprint density at radius 2 is 1.77 bits per heavy atom. The number of amides is 2. The molecule has 6 nitrogen and oxygen atoms in total. The van der Waals surface area contributed by atoms with Crippen molar-refractivity contribution in [2.45, 2.75) is 32.3 Å². The van der Waals surface area contributed by atoms with Crippen LogP contribution in [-0.2, 0) is 19.1 Å². The maximum atomic E-state index is 12.6. The lowest BCUT2D eigenvalue weighted by Gasteiger charge is -2.34. The van der Waals surface area contributed by atoms with E-state index < -0.39 is 5.60 Å². The molecule has 1 fully saturated rings. The average molecular weight is 306 g/mol. The van der Waals surface area contributed by atoms with Crippen LogP contribution in [0.1, 0.15) is 25.3 Å². The van der Waals surface area contributed by atoms with E-state index in [0.29, 0.717) is 37.4 Å². The van der Waals surface area contributed by atoms with E-state index in [4.69, 9.17) is 9.47 Å². The number of carbonyl (C=O) groups excluding carboxylic acids is 2. The molecule has 1 saturated heterocycles. The second-order valence-corrected chi connectivity index (χ2v) is 5.42. The highest BCUT2D eigenvalue weighted by molar-refractivity contribution is 5.99. The Labute approximate surface area is 130 Å². The molecule has 0 aromatic heterocycles. The van der Waals surface area contributed by atoms with E-state index in [0.717, 1.165) is 5.56 Å². The van der Waals surface area contributed by atoms with Crippen molar-refractivity contribution >= 4 is 23.2 Å². The molecule has 0 unspecified atom stereocenters. The Bertz CT molecular complexity index is 565. The summed E-state index contributed by atoms with van der Waals surface area (Å²) < 4.78 is 10.8. The van der Waals surface area contributed by atoms with E-state index in [1.807, 2.05) is 6.92 Å². The number of ether oxygens (including phenoxy) is 2. The van der Waals surface area contributed by atoms with Crippen molar-refractivity contribution in [3.8, 4) is 0 Å². The van der Waals surface area contributed by atoms with Gasteiger partial charge < -0.3 is 20.1 Å². The highest BCUT2D eigenvalue weighted by atomic mass is 16.5. The quantitative estimate of drug-likeness (QED) is 0.893. The van der Waals surface area contributed by atoms with Gasteiger partial charge in [-0.2, -0.15) is 0 Å². The lowest BCUT2D eigenvalue weighted by molar-refractivity contribution is -0.149. The zero-order valence-corrected chi connectivity index (χ0v) is 13.2. The van der Waals surface area contributed by atoms with Gasteiger partial charge in [-0.1, -0.05) is 6.07 Å². The largest absolute Gasteiger partial charge is 0.381 e. The molecule has 0 saturated carbocycles. The van der Waals surface area contributed by atoms with Crippen molar-refractivity contribution in [1.29, 1.82) is 0 Å². The number of carbonyl (C=O) groups is 2. The first-order valence-electron chi connectivity index (χ1n) is 7.30. The summed E-state index contributed by atoms with van der Waals surface area (Å²) in [5.74, 6) is -0.328. The van der Waals surface area contributed by atoms with Crippen molar-refractivity contribution in [1.82, 2.24) is 0 Å². The minimum Gasteiger partial charge on any atom is -0.381 e. The predicted molar refractivity (Wildman–Crippen MR) is 83.9 cm³/mol. The molecule has 1 heterocycles. The van der Waals surface area contributed by atoms with Crippen molar-refractivity contribution in [2.75, 3.05) is 31.0 Å². The first-order valence-corrected chi connectivity index (χ1v) is 7.30. The van der Waals surface area contributed by atoms with Crippen LogP contribution >= 0.6 is 0 Å². The SMILES string of the molecule is COC1(C(=O)Nc2cccc(NC(C)=O)c2C)CCOCC1. The third-order valence-corrected chi connectivity index (χ3v) is 4.00. The zero-order chi connectivity index (χ0) is 16.2. The number of rotatable bonds is 4. The van der Waals surface area contributed by atoms with E-state index in [-0.39, 0.29) is 11.8 Å². The Hall–Kier alpha value is -1.92. The smallest absolute Gasteiger partial charge is 0.256 e. The van der Waals surface area contributed by atoms with Gasteiger partial charge in [0.05, 0.1) is 0 Å². The first-order chi connectivity index (χ1) is 10.5. The number of hydrogen-bond donors (Lipinski definition) is 2. The van der Waals surface area contributed by atoms with Gasteiger partial charge in [0, 0.05) is 51.5 Å². The van der Waals surface area contributed by atoms with Gasteiger partial charge in [-0.3, -0.25) is 9.59 Å². The molecule has 2 rings (SSSR count). The van der Waals surface area contributed by atoms with Crippen LogP contribution < -0.4 is 10.6 Å². The molecule has 120 valence electrons. The summed E-state index contributed by atoms with van der Waals surface area (Å²) in [5.41, 5.74) is 1.31.